The summed E-state index contributed by atoms with van der Waals surface area (Å²) in [4.78, 5) is 78.3. The van der Waals surface area contributed by atoms with Gasteiger partial charge in [-0.25, -0.2) is 24.0 Å². The number of fused-ring (bicyclic) bond motifs is 1. The zero-order valence-electron chi connectivity index (χ0n) is 53.7. The zero-order chi connectivity index (χ0) is 68.2. The van der Waals surface area contributed by atoms with Crippen molar-refractivity contribution in [2.75, 3.05) is 42.6 Å². The van der Waals surface area contributed by atoms with Gasteiger partial charge >= 0.3 is 30.3 Å². The van der Waals surface area contributed by atoms with E-state index in [1.54, 1.807) is 161 Å². The topological polar surface area (TPSA) is 268 Å². The Kier molecular flexibility index (Phi) is 35.1. The molecule has 0 aromatic heterocycles. The quantitative estimate of drug-likeness (QED) is 0.0175. The van der Waals surface area contributed by atoms with Gasteiger partial charge < -0.3 is 37.9 Å². The number of benzene rings is 7. The van der Waals surface area contributed by atoms with Crippen LogP contribution in [0.1, 0.15) is 104 Å². The molecule has 488 valence electrons. The minimum atomic E-state index is -0.629. The molecule has 0 spiro atoms. The summed E-state index contributed by atoms with van der Waals surface area (Å²) >= 11 is 11.7. The zero-order valence-corrected chi connectivity index (χ0v) is 55.2. The Labute approximate surface area is 541 Å². The van der Waals surface area contributed by atoms with Crippen LogP contribution in [-0.4, -0.2) is 92.9 Å². The van der Waals surface area contributed by atoms with Crippen molar-refractivity contribution in [3.05, 3.63) is 201 Å². The van der Waals surface area contributed by atoms with E-state index in [0.717, 1.165) is 22.0 Å². The largest absolute Gasteiger partial charge is 0.496 e. The van der Waals surface area contributed by atoms with Crippen molar-refractivity contribution in [2.45, 2.75) is 114 Å². The van der Waals surface area contributed by atoms with E-state index in [1.165, 1.54) is 25.3 Å². The number of hydrogen-bond acceptors (Lipinski definition) is 16. The molecular formula is C68H81Cl2N5O16. The molecule has 7 rings (SSSR count). The molecule has 0 saturated heterocycles. The number of allylic oxidation sites excluding steroid dienone is 2. The van der Waals surface area contributed by atoms with Gasteiger partial charge in [0.15, 0.2) is 17.3 Å². The van der Waals surface area contributed by atoms with Gasteiger partial charge in [-0.05, 0) is 161 Å². The molecule has 0 fully saturated rings. The summed E-state index contributed by atoms with van der Waals surface area (Å²) in [7, 11) is 4.63. The summed E-state index contributed by atoms with van der Waals surface area (Å²) in [5, 5.41) is 23.8. The average Bonchev–Trinajstić information content (AvgIpc) is 3.57. The Bertz CT molecular complexity index is 3430. The number of nitrogens with one attached hydrogen (secondary N) is 4. The van der Waals surface area contributed by atoms with Crippen LogP contribution in [0.4, 0.5) is 47.6 Å². The van der Waals surface area contributed by atoms with Gasteiger partial charge in [0.2, 0.25) is 0 Å². The third kappa shape index (κ3) is 31.2. The van der Waals surface area contributed by atoms with Gasteiger partial charge in [0.1, 0.15) is 5.75 Å². The van der Waals surface area contributed by atoms with Crippen LogP contribution >= 0.6 is 23.2 Å². The molecule has 23 heteroatoms. The number of ether oxygens (including phenoxy) is 8. The van der Waals surface area contributed by atoms with Crippen molar-refractivity contribution < 1.29 is 71.6 Å². The van der Waals surface area contributed by atoms with E-state index in [2.05, 4.69) is 21.3 Å². The number of esters is 1. The standard InChI is InChI=1S/C14H15NO2.C12H16O4.C12H14O2.2C10H12ClNO2.C10H12N2O4/c1-10(2)17-14(16)15-13-9-5-7-11-6-3-4-8-12(11)13;1-8(2)16-12(13)9-5-6-10(14-3)11(7-9)15-4;1-9(2)8-11(13)10-6-4-5-7-12(10)14-3;2*1-7(2)14-10(13)12-9-6-4-3-5-8(9)11;1-7(2)16-10(13)11-8-4-3-5-9(6-8)12(14)15/h3-10H,1-2H3,(H,15,16);5-8H,1-4H3;4-8H,1-3H3;2*3-7H,1-2H3,(H,12,13);3-7H,1-2H3,(H,11,13). The molecule has 91 heavy (non-hydrogen) atoms. The number of methoxy groups -OCH3 is 3. The third-order valence-corrected chi connectivity index (χ3v) is 11.3. The summed E-state index contributed by atoms with van der Waals surface area (Å²) < 4.78 is 40.0. The number of hydrogen-bond donors (Lipinski definition) is 4. The van der Waals surface area contributed by atoms with E-state index >= 15 is 0 Å². The van der Waals surface area contributed by atoms with E-state index in [1.807, 2.05) is 82.3 Å². The first-order chi connectivity index (χ1) is 43.1. The summed E-state index contributed by atoms with van der Waals surface area (Å²) in [6.45, 7) is 21.6. The Balaban J connectivity index is 0.000000373. The van der Waals surface area contributed by atoms with Crippen LogP contribution in [0.2, 0.25) is 10.0 Å². The lowest BCUT2D eigenvalue weighted by Crippen LogP contribution is -2.18. The number of nitrogens with zero attached hydrogens (tertiary/aromatic N) is 1. The van der Waals surface area contributed by atoms with Crippen LogP contribution in [0.3, 0.4) is 0 Å². The number of anilines is 4. The molecule has 0 aliphatic carbocycles. The molecule has 0 radical (unpaired) electrons. The molecule has 7 aromatic rings. The third-order valence-electron chi connectivity index (χ3n) is 10.7. The molecule has 0 aliphatic heterocycles. The summed E-state index contributed by atoms with van der Waals surface area (Å²) in [6.07, 6.45) is -1.20. The Morgan fingerprint density at radius 3 is 1.34 bits per heavy atom. The van der Waals surface area contributed by atoms with Crippen molar-refractivity contribution in [3.63, 3.8) is 0 Å². The molecule has 21 nitrogen and oxygen atoms in total. The second-order valence-corrected chi connectivity index (χ2v) is 21.2. The number of carbonyl (C=O) groups is 6. The Morgan fingerprint density at radius 1 is 0.451 bits per heavy atom. The minimum absolute atomic E-state index is 0.0116. The predicted octanol–water partition coefficient (Wildman–Crippen LogP) is 18.1. The number of nitro benzene ring substituents is 1. The normalized spacial score (nSPS) is 10.0. The first-order valence-corrected chi connectivity index (χ1v) is 29.2. The van der Waals surface area contributed by atoms with E-state index in [-0.39, 0.29) is 48.0 Å². The van der Waals surface area contributed by atoms with Gasteiger partial charge in [0, 0.05) is 17.5 Å². The maximum Gasteiger partial charge on any atom is 0.411 e. The maximum atomic E-state index is 11.7. The highest BCUT2D eigenvalue weighted by Gasteiger charge is 2.15. The number of carbonyl (C=O) groups excluding carboxylic acids is 6. The lowest BCUT2D eigenvalue weighted by molar-refractivity contribution is -0.384. The second kappa shape index (κ2) is 41.4. The molecule has 4 amide bonds. The molecule has 0 saturated carbocycles. The van der Waals surface area contributed by atoms with Crippen LogP contribution in [-0.2, 0) is 23.7 Å². The van der Waals surface area contributed by atoms with Gasteiger partial charge in [-0.2, -0.15) is 0 Å². The molecule has 0 atom stereocenters. The first kappa shape index (κ1) is 77.2. The highest BCUT2D eigenvalue weighted by Crippen LogP contribution is 2.29. The van der Waals surface area contributed by atoms with Crippen LogP contribution in [0.5, 0.6) is 17.2 Å². The number of halogens is 2. The van der Waals surface area contributed by atoms with Crippen molar-refractivity contribution in [1.82, 2.24) is 0 Å². The SMILES string of the molecule is CC(C)OC(=O)Nc1cccc([N+](=O)[O-])c1.CC(C)OC(=O)Nc1cccc2ccccc12.CC(C)OC(=O)Nc1ccccc1Cl.CC(C)OC(=O)Nc1ccccc1Cl.COc1ccc(C(=O)OC(C)C)cc1OC.COc1ccccc1C(=O)C=C(C)C. The van der Waals surface area contributed by atoms with E-state index in [4.69, 9.17) is 61.1 Å². The lowest BCUT2D eigenvalue weighted by Gasteiger charge is -2.11. The monoisotopic (exact) mass is 1290 g/mol. The molecule has 0 unspecified atom stereocenters. The first-order valence-electron chi connectivity index (χ1n) is 28.4. The number of ketones is 1. The number of amides is 4. The average molecular weight is 1300 g/mol. The van der Waals surface area contributed by atoms with Crippen LogP contribution < -0.4 is 35.5 Å². The molecule has 0 heterocycles. The fourth-order valence-electron chi connectivity index (χ4n) is 7.01. The van der Waals surface area contributed by atoms with Gasteiger partial charge in [-0.1, -0.05) is 108 Å². The van der Waals surface area contributed by atoms with E-state index in [9.17, 15) is 38.9 Å². The van der Waals surface area contributed by atoms with Crippen molar-refractivity contribution in [3.8, 4) is 17.2 Å². The van der Waals surface area contributed by atoms with Gasteiger partial charge in [0.25, 0.3) is 5.69 Å². The highest BCUT2D eigenvalue weighted by atomic mass is 35.5. The molecule has 7 aromatic carbocycles. The number of nitro groups is 1. The highest BCUT2D eigenvalue weighted by molar-refractivity contribution is 6.34. The lowest BCUT2D eigenvalue weighted by atomic mass is 10.1. The second-order valence-electron chi connectivity index (χ2n) is 20.4. The Hall–Kier alpha value is -9.86. The molecule has 0 aliphatic rings. The van der Waals surface area contributed by atoms with E-state index in [0.29, 0.717) is 55.5 Å². The smallest absolute Gasteiger partial charge is 0.411 e. The minimum Gasteiger partial charge on any atom is -0.496 e. The molecular weight excluding hydrogens is 1210 g/mol. The summed E-state index contributed by atoms with van der Waals surface area (Å²) in [5.74, 6) is 1.35. The van der Waals surface area contributed by atoms with Crippen molar-refractivity contribution in [2.24, 2.45) is 0 Å². The predicted molar refractivity (Wildman–Crippen MR) is 358 cm³/mol. The van der Waals surface area contributed by atoms with Crippen LogP contribution in [0.25, 0.3) is 10.8 Å². The van der Waals surface area contributed by atoms with Gasteiger partial charge in [-0.15, -0.1) is 0 Å². The van der Waals surface area contributed by atoms with Gasteiger partial charge in [0.05, 0.1) is 101 Å². The van der Waals surface area contributed by atoms with Crippen molar-refractivity contribution in [1.29, 1.82) is 0 Å². The fraction of sp³-hybridized carbons (Fsp3) is 0.294. The van der Waals surface area contributed by atoms with E-state index < -0.39 is 29.3 Å². The summed E-state index contributed by atoms with van der Waals surface area (Å²) in [6, 6.07) is 45.5. The number of para-hydroxylation sites is 3. The number of rotatable bonds is 16. The van der Waals surface area contributed by atoms with Crippen LogP contribution in [0, 0.1) is 10.1 Å². The maximum absolute atomic E-state index is 11.7. The molecule has 0 bridgehead atoms. The summed E-state index contributed by atoms with van der Waals surface area (Å²) in [5.41, 5.74) is 4.18. The Morgan fingerprint density at radius 2 is 0.868 bits per heavy atom. The fourth-order valence-corrected chi connectivity index (χ4v) is 7.38. The number of non-ortho nitro benzene ring substituents is 1. The van der Waals surface area contributed by atoms with Crippen LogP contribution in [0.15, 0.2) is 169 Å². The van der Waals surface area contributed by atoms with Gasteiger partial charge in [-0.3, -0.25) is 36.2 Å². The van der Waals surface area contributed by atoms with Crippen molar-refractivity contribution >= 4 is 98.5 Å². The molecule has 4 N–H and O–H groups in total.